The number of nitrogens with zero attached hydrogens (tertiary/aromatic N) is 2. The van der Waals surface area contributed by atoms with E-state index in [0.29, 0.717) is 6.54 Å². The monoisotopic (exact) mass is 207 g/mol. The molecule has 1 heterocycles. The molecule has 2 N–H and O–H groups in total. The van der Waals surface area contributed by atoms with Gasteiger partial charge in [-0.05, 0) is 24.6 Å². The Kier molecular flexibility index (Phi) is 2.68. The lowest BCUT2D eigenvalue weighted by Gasteiger charge is -2.09. The summed E-state index contributed by atoms with van der Waals surface area (Å²) in [4.78, 5) is 0. The van der Waals surface area contributed by atoms with Crippen LogP contribution < -0.4 is 5.73 Å². The lowest BCUT2D eigenvalue weighted by atomic mass is 10.2. The zero-order valence-electron chi connectivity index (χ0n) is 8.65. The predicted molar refractivity (Wildman–Crippen MR) is 58.0 cm³/mol. The molecule has 2 aromatic rings. The van der Waals surface area contributed by atoms with Crippen LogP contribution in [0.25, 0.3) is 10.9 Å². The molecule has 0 bridgehead atoms. The highest BCUT2D eigenvalue weighted by Gasteiger charge is 2.06. The maximum Gasteiger partial charge on any atom is 0.125 e. The van der Waals surface area contributed by atoms with Crippen molar-refractivity contribution in [2.24, 2.45) is 5.73 Å². The zero-order chi connectivity index (χ0) is 10.8. The van der Waals surface area contributed by atoms with Crippen LogP contribution in [0.5, 0.6) is 0 Å². The number of rotatable bonds is 3. The van der Waals surface area contributed by atoms with Crippen molar-refractivity contribution in [2.75, 3.05) is 0 Å². The van der Waals surface area contributed by atoms with Crippen LogP contribution in [0.3, 0.4) is 0 Å². The fraction of sp³-hybridized carbons (Fsp3) is 0.364. The van der Waals surface area contributed by atoms with E-state index in [2.05, 4.69) is 5.10 Å². The van der Waals surface area contributed by atoms with E-state index >= 15 is 0 Å². The van der Waals surface area contributed by atoms with Crippen LogP contribution in [0.1, 0.15) is 13.3 Å². The highest BCUT2D eigenvalue weighted by atomic mass is 19.1. The molecule has 3 nitrogen and oxygen atoms in total. The first-order chi connectivity index (χ1) is 7.20. The molecule has 4 heteroatoms. The molecule has 80 valence electrons. The first-order valence-corrected chi connectivity index (χ1v) is 5.07. The first kappa shape index (κ1) is 10.1. The van der Waals surface area contributed by atoms with E-state index < -0.39 is 0 Å². The highest BCUT2D eigenvalue weighted by molar-refractivity contribution is 5.78. The summed E-state index contributed by atoms with van der Waals surface area (Å²) in [6, 6.07) is 4.72. The Morgan fingerprint density at radius 1 is 1.53 bits per heavy atom. The molecule has 1 atom stereocenters. The van der Waals surface area contributed by atoms with Gasteiger partial charge in [0.15, 0.2) is 0 Å². The van der Waals surface area contributed by atoms with Gasteiger partial charge >= 0.3 is 0 Å². The maximum absolute atomic E-state index is 13.0. The Labute approximate surface area is 87.7 Å². The summed E-state index contributed by atoms with van der Waals surface area (Å²) >= 11 is 0. The molecule has 0 saturated carbocycles. The van der Waals surface area contributed by atoms with Gasteiger partial charge in [-0.15, -0.1) is 0 Å². The standard InChI is InChI=1S/C11H14FN3/c1-2-10(13)7-15-11-5-9(12)4-3-8(11)6-14-15/h3-6,10H,2,7,13H2,1H3/t10-/m0/s1. The van der Waals surface area contributed by atoms with Crippen molar-refractivity contribution < 1.29 is 4.39 Å². The van der Waals surface area contributed by atoms with Crippen molar-refractivity contribution >= 4 is 10.9 Å². The van der Waals surface area contributed by atoms with Crippen molar-refractivity contribution in [1.82, 2.24) is 9.78 Å². The Hall–Kier alpha value is -1.42. The molecule has 2 rings (SSSR count). The van der Waals surface area contributed by atoms with Crippen LogP contribution in [0, 0.1) is 5.82 Å². The number of benzene rings is 1. The first-order valence-electron chi connectivity index (χ1n) is 5.07. The van der Waals surface area contributed by atoms with E-state index in [-0.39, 0.29) is 11.9 Å². The van der Waals surface area contributed by atoms with Crippen LogP contribution in [-0.4, -0.2) is 15.8 Å². The number of fused-ring (bicyclic) bond motifs is 1. The summed E-state index contributed by atoms with van der Waals surface area (Å²) in [6.07, 6.45) is 2.62. The van der Waals surface area contributed by atoms with Gasteiger partial charge < -0.3 is 5.73 Å². The van der Waals surface area contributed by atoms with Crippen molar-refractivity contribution in [3.63, 3.8) is 0 Å². The number of nitrogens with two attached hydrogens (primary N) is 1. The minimum atomic E-state index is -0.241. The lowest BCUT2D eigenvalue weighted by molar-refractivity contribution is 0.511. The molecular weight excluding hydrogens is 193 g/mol. The Balaban J connectivity index is 2.39. The van der Waals surface area contributed by atoms with Gasteiger partial charge in [0.2, 0.25) is 0 Å². The molecule has 15 heavy (non-hydrogen) atoms. The molecule has 1 aromatic carbocycles. The van der Waals surface area contributed by atoms with Crippen LogP contribution >= 0.6 is 0 Å². The van der Waals surface area contributed by atoms with Gasteiger partial charge in [-0.1, -0.05) is 6.92 Å². The molecule has 0 amide bonds. The molecule has 0 radical (unpaired) electrons. The van der Waals surface area contributed by atoms with Gasteiger partial charge in [0.05, 0.1) is 18.3 Å². The molecule has 0 aliphatic heterocycles. The summed E-state index contributed by atoms with van der Waals surface area (Å²) in [5.41, 5.74) is 6.64. The smallest absolute Gasteiger partial charge is 0.125 e. The predicted octanol–water partition coefficient (Wildman–Crippen LogP) is 1.91. The molecule has 0 aliphatic rings. The van der Waals surface area contributed by atoms with Crippen LogP contribution in [0.15, 0.2) is 24.4 Å². The van der Waals surface area contributed by atoms with Gasteiger partial charge in [-0.3, -0.25) is 4.68 Å². The average Bonchev–Trinajstić information content (AvgIpc) is 2.61. The minimum Gasteiger partial charge on any atom is -0.326 e. The minimum absolute atomic E-state index is 0.0661. The average molecular weight is 207 g/mol. The van der Waals surface area contributed by atoms with E-state index in [1.54, 1.807) is 16.9 Å². The number of hydrogen-bond donors (Lipinski definition) is 1. The van der Waals surface area contributed by atoms with Crippen LogP contribution in [0.2, 0.25) is 0 Å². The summed E-state index contributed by atoms with van der Waals surface area (Å²) in [5, 5.41) is 5.14. The highest BCUT2D eigenvalue weighted by Crippen LogP contribution is 2.15. The van der Waals surface area contributed by atoms with Crippen LogP contribution in [0.4, 0.5) is 4.39 Å². The number of halogens is 1. The molecule has 0 unspecified atom stereocenters. The van der Waals surface area contributed by atoms with Crippen LogP contribution in [-0.2, 0) is 6.54 Å². The van der Waals surface area contributed by atoms with Gasteiger partial charge in [0.1, 0.15) is 5.82 Å². The Morgan fingerprint density at radius 3 is 3.07 bits per heavy atom. The van der Waals surface area contributed by atoms with Crippen molar-refractivity contribution in [3.8, 4) is 0 Å². The third-order valence-corrected chi connectivity index (χ3v) is 2.54. The second-order valence-corrected chi connectivity index (χ2v) is 3.70. The number of aromatic nitrogens is 2. The fourth-order valence-electron chi connectivity index (χ4n) is 1.54. The Morgan fingerprint density at radius 2 is 2.33 bits per heavy atom. The van der Waals surface area contributed by atoms with Gasteiger partial charge in [0, 0.05) is 11.4 Å². The van der Waals surface area contributed by atoms with Gasteiger partial charge in [-0.2, -0.15) is 5.10 Å². The lowest BCUT2D eigenvalue weighted by Crippen LogP contribution is -2.25. The summed E-state index contributed by atoms with van der Waals surface area (Å²) in [7, 11) is 0. The van der Waals surface area contributed by atoms with Crippen molar-refractivity contribution in [1.29, 1.82) is 0 Å². The van der Waals surface area contributed by atoms with E-state index in [0.717, 1.165) is 17.3 Å². The Bertz CT molecular complexity index is 464. The number of hydrogen-bond acceptors (Lipinski definition) is 2. The molecule has 1 aromatic heterocycles. The molecule has 0 aliphatic carbocycles. The van der Waals surface area contributed by atoms with E-state index in [9.17, 15) is 4.39 Å². The van der Waals surface area contributed by atoms with Gasteiger partial charge in [-0.25, -0.2) is 4.39 Å². The topological polar surface area (TPSA) is 43.8 Å². The molecule has 0 spiro atoms. The second-order valence-electron chi connectivity index (χ2n) is 3.70. The quantitative estimate of drug-likeness (QED) is 0.835. The molecule has 0 fully saturated rings. The fourth-order valence-corrected chi connectivity index (χ4v) is 1.54. The van der Waals surface area contributed by atoms with Crippen molar-refractivity contribution in [3.05, 3.63) is 30.2 Å². The largest absolute Gasteiger partial charge is 0.326 e. The third kappa shape index (κ3) is 1.99. The van der Waals surface area contributed by atoms with E-state index in [4.69, 9.17) is 5.73 Å². The van der Waals surface area contributed by atoms with Gasteiger partial charge in [0.25, 0.3) is 0 Å². The summed E-state index contributed by atoms with van der Waals surface area (Å²) in [5.74, 6) is -0.241. The normalized spacial score (nSPS) is 13.3. The molecule has 0 saturated heterocycles. The maximum atomic E-state index is 13.0. The summed E-state index contributed by atoms with van der Waals surface area (Å²) in [6.45, 7) is 2.65. The second kappa shape index (κ2) is 3.98. The van der Waals surface area contributed by atoms with Crippen molar-refractivity contribution in [2.45, 2.75) is 25.9 Å². The SMILES string of the molecule is CC[C@H](N)Cn1ncc2ccc(F)cc21. The summed E-state index contributed by atoms with van der Waals surface area (Å²) < 4.78 is 14.8. The van der Waals surface area contributed by atoms with E-state index in [1.165, 1.54) is 12.1 Å². The molecular formula is C11H14FN3. The third-order valence-electron chi connectivity index (χ3n) is 2.54. The zero-order valence-corrected chi connectivity index (χ0v) is 8.65. The van der Waals surface area contributed by atoms with E-state index in [1.807, 2.05) is 6.92 Å².